The van der Waals surface area contributed by atoms with Crippen LogP contribution < -0.4 is 10.2 Å². The number of aromatic nitrogens is 3. The highest BCUT2D eigenvalue weighted by Crippen LogP contribution is 2.23. The van der Waals surface area contributed by atoms with Gasteiger partial charge in [-0.1, -0.05) is 0 Å². The van der Waals surface area contributed by atoms with Gasteiger partial charge in [-0.15, -0.1) is 5.10 Å². The first kappa shape index (κ1) is 16.3. The van der Waals surface area contributed by atoms with E-state index in [1.165, 1.54) is 10.7 Å². The zero-order valence-electron chi connectivity index (χ0n) is 14.6. The molecule has 1 aliphatic heterocycles. The second-order valence-corrected chi connectivity index (χ2v) is 6.51. The lowest BCUT2D eigenvalue weighted by molar-refractivity contribution is 0.181. The Morgan fingerprint density at radius 2 is 2.08 bits per heavy atom. The number of likely N-dealkylation sites (tertiary alicyclic amines) is 1. The summed E-state index contributed by atoms with van der Waals surface area (Å²) in [6.07, 6.45) is 4.47. The molecular formula is C18H19FN6O. The van der Waals surface area contributed by atoms with Crippen molar-refractivity contribution < 1.29 is 9.18 Å². The van der Waals surface area contributed by atoms with E-state index in [4.69, 9.17) is 0 Å². The average molecular weight is 354 g/mol. The van der Waals surface area contributed by atoms with E-state index in [2.05, 4.69) is 15.4 Å². The molecule has 8 heteroatoms. The summed E-state index contributed by atoms with van der Waals surface area (Å²) in [6, 6.07) is 6.22. The first-order valence-corrected chi connectivity index (χ1v) is 8.40. The molecule has 0 unspecified atom stereocenters. The summed E-state index contributed by atoms with van der Waals surface area (Å²) < 4.78 is 15.8. The van der Waals surface area contributed by atoms with Crippen LogP contribution in [0.15, 0.2) is 36.7 Å². The number of nitrogens with one attached hydrogen (secondary N) is 1. The third-order valence-corrected chi connectivity index (χ3v) is 4.45. The lowest BCUT2D eigenvalue weighted by Crippen LogP contribution is -2.44. The number of anilines is 2. The standard InChI is InChI=1S/C18H19FN6O/c1-23(2)14-8-12-11-25(22-17(12)20-10-14)16-9-13(4-5-15(16)19)21-18(26)24-6-3-7-24/h4-5,8-11H,3,6-7H2,1-2H3,(H,21,26). The number of carbonyl (C=O) groups is 1. The molecule has 2 aromatic heterocycles. The van der Waals surface area contributed by atoms with Gasteiger partial charge >= 0.3 is 6.03 Å². The first-order chi connectivity index (χ1) is 12.5. The fraction of sp³-hybridized carbons (Fsp3) is 0.278. The molecule has 0 aliphatic carbocycles. The first-order valence-electron chi connectivity index (χ1n) is 8.40. The molecule has 1 saturated heterocycles. The second-order valence-electron chi connectivity index (χ2n) is 6.51. The molecule has 0 saturated carbocycles. The van der Waals surface area contributed by atoms with Gasteiger partial charge in [0.05, 0.1) is 11.9 Å². The Morgan fingerprint density at radius 3 is 2.77 bits per heavy atom. The lowest BCUT2D eigenvalue weighted by atomic mass is 10.2. The highest BCUT2D eigenvalue weighted by atomic mass is 19.1. The van der Waals surface area contributed by atoms with Crippen LogP contribution in [0.2, 0.25) is 0 Å². The van der Waals surface area contributed by atoms with Crippen LogP contribution in [-0.4, -0.2) is 52.9 Å². The summed E-state index contributed by atoms with van der Waals surface area (Å²) in [7, 11) is 3.86. The summed E-state index contributed by atoms with van der Waals surface area (Å²) in [5.74, 6) is -0.424. The Morgan fingerprint density at radius 1 is 1.27 bits per heavy atom. The Bertz CT molecular complexity index is 979. The van der Waals surface area contributed by atoms with Gasteiger partial charge in [-0.2, -0.15) is 0 Å². The van der Waals surface area contributed by atoms with Crippen molar-refractivity contribution in [1.29, 1.82) is 0 Å². The van der Waals surface area contributed by atoms with E-state index in [-0.39, 0.29) is 11.7 Å². The zero-order chi connectivity index (χ0) is 18.3. The van der Waals surface area contributed by atoms with E-state index < -0.39 is 5.82 Å². The van der Waals surface area contributed by atoms with Crippen LogP contribution in [-0.2, 0) is 0 Å². The number of urea groups is 1. The molecule has 1 N–H and O–H groups in total. The molecular weight excluding hydrogens is 335 g/mol. The van der Waals surface area contributed by atoms with Crippen LogP contribution in [0.4, 0.5) is 20.6 Å². The number of nitrogens with zero attached hydrogens (tertiary/aromatic N) is 5. The molecule has 0 atom stereocenters. The smallest absolute Gasteiger partial charge is 0.321 e. The topological polar surface area (TPSA) is 66.3 Å². The van der Waals surface area contributed by atoms with E-state index in [0.717, 1.165) is 30.6 Å². The van der Waals surface area contributed by atoms with Crippen molar-refractivity contribution in [3.05, 3.63) is 42.5 Å². The number of hydrogen-bond donors (Lipinski definition) is 1. The number of halogens is 1. The summed E-state index contributed by atoms with van der Waals surface area (Å²) in [4.78, 5) is 20.0. The van der Waals surface area contributed by atoms with Gasteiger partial charge in [0.25, 0.3) is 0 Å². The zero-order valence-corrected chi connectivity index (χ0v) is 14.6. The number of hydrogen-bond acceptors (Lipinski definition) is 4. The van der Waals surface area contributed by atoms with Crippen molar-refractivity contribution in [2.24, 2.45) is 0 Å². The van der Waals surface area contributed by atoms with E-state index >= 15 is 0 Å². The molecule has 134 valence electrons. The minimum atomic E-state index is -0.424. The van der Waals surface area contributed by atoms with E-state index in [1.54, 1.807) is 29.4 Å². The number of pyridine rings is 1. The number of rotatable bonds is 3. The predicted molar refractivity (Wildman–Crippen MR) is 98.4 cm³/mol. The second kappa shape index (κ2) is 6.29. The Hall–Kier alpha value is -3.16. The molecule has 7 nitrogen and oxygen atoms in total. The lowest BCUT2D eigenvalue weighted by Gasteiger charge is -2.30. The molecule has 0 radical (unpaired) electrons. The number of amides is 2. The van der Waals surface area contributed by atoms with Crippen LogP contribution in [0, 0.1) is 5.82 Å². The minimum absolute atomic E-state index is 0.170. The summed E-state index contributed by atoms with van der Waals surface area (Å²) in [5, 5.41) is 7.96. The molecule has 1 aromatic carbocycles. The Balaban J connectivity index is 1.66. The van der Waals surface area contributed by atoms with E-state index in [9.17, 15) is 9.18 Å². The van der Waals surface area contributed by atoms with Gasteiger partial charge in [-0.3, -0.25) is 0 Å². The highest BCUT2D eigenvalue weighted by Gasteiger charge is 2.20. The predicted octanol–water partition coefficient (Wildman–Crippen LogP) is 2.86. The van der Waals surface area contributed by atoms with Gasteiger partial charge < -0.3 is 15.1 Å². The van der Waals surface area contributed by atoms with Gasteiger partial charge in [-0.25, -0.2) is 18.9 Å². The molecule has 3 aromatic rings. The maximum Gasteiger partial charge on any atom is 0.321 e. The van der Waals surface area contributed by atoms with E-state index in [1.807, 2.05) is 25.1 Å². The molecule has 26 heavy (non-hydrogen) atoms. The van der Waals surface area contributed by atoms with Crippen molar-refractivity contribution in [2.45, 2.75) is 6.42 Å². The van der Waals surface area contributed by atoms with Crippen molar-refractivity contribution in [3.8, 4) is 5.69 Å². The Kier molecular flexibility index (Phi) is 3.95. The highest BCUT2D eigenvalue weighted by molar-refractivity contribution is 5.90. The Labute approximate surface area is 150 Å². The van der Waals surface area contributed by atoms with Crippen LogP contribution >= 0.6 is 0 Å². The van der Waals surface area contributed by atoms with Crippen LogP contribution in [0.1, 0.15) is 6.42 Å². The SMILES string of the molecule is CN(C)c1cnc2nn(-c3cc(NC(=O)N4CCC4)ccc3F)cc2c1. The molecule has 1 aliphatic rings. The summed E-state index contributed by atoms with van der Waals surface area (Å²) in [6.45, 7) is 1.51. The maximum absolute atomic E-state index is 14.4. The fourth-order valence-corrected chi connectivity index (χ4v) is 2.76. The largest absolute Gasteiger partial charge is 0.376 e. The fourth-order valence-electron chi connectivity index (χ4n) is 2.76. The van der Waals surface area contributed by atoms with Crippen LogP contribution in [0.5, 0.6) is 0 Å². The maximum atomic E-state index is 14.4. The van der Waals surface area contributed by atoms with Crippen molar-refractivity contribution >= 4 is 28.4 Å². The minimum Gasteiger partial charge on any atom is -0.376 e. The van der Waals surface area contributed by atoms with Gasteiger partial charge in [0, 0.05) is 44.5 Å². The quantitative estimate of drug-likeness (QED) is 0.785. The number of fused-ring (bicyclic) bond motifs is 1. The molecule has 1 fully saturated rings. The monoisotopic (exact) mass is 354 g/mol. The normalized spacial score (nSPS) is 13.6. The average Bonchev–Trinajstić information content (AvgIpc) is 2.97. The third-order valence-electron chi connectivity index (χ3n) is 4.45. The van der Waals surface area contributed by atoms with Crippen molar-refractivity contribution in [3.63, 3.8) is 0 Å². The number of benzene rings is 1. The molecule has 2 amide bonds. The van der Waals surface area contributed by atoms with Crippen molar-refractivity contribution in [2.75, 3.05) is 37.4 Å². The van der Waals surface area contributed by atoms with Gasteiger partial charge in [-0.05, 0) is 30.7 Å². The van der Waals surface area contributed by atoms with E-state index in [0.29, 0.717) is 11.3 Å². The van der Waals surface area contributed by atoms with Crippen LogP contribution in [0.3, 0.4) is 0 Å². The molecule has 0 spiro atoms. The molecule has 0 bridgehead atoms. The summed E-state index contributed by atoms with van der Waals surface area (Å²) >= 11 is 0. The van der Waals surface area contributed by atoms with Crippen molar-refractivity contribution in [1.82, 2.24) is 19.7 Å². The van der Waals surface area contributed by atoms with Gasteiger partial charge in [0.1, 0.15) is 11.5 Å². The van der Waals surface area contributed by atoms with Gasteiger partial charge in [0.15, 0.2) is 5.65 Å². The number of carbonyl (C=O) groups excluding carboxylic acids is 1. The third kappa shape index (κ3) is 2.94. The molecule has 3 heterocycles. The summed E-state index contributed by atoms with van der Waals surface area (Å²) in [5.41, 5.74) is 2.26. The van der Waals surface area contributed by atoms with Crippen LogP contribution in [0.25, 0.3) is 16.7 Å². The molecule has 4 rings (SSSR count). The van der Waals surface area contributed by atoms with Gasteiger partial charge in [0.2, 0.25) is 0 Å².